The van der Waals surface area contributed by atoms with Gasteiger partial charge in [-0.05, 0) is 12.1 Å². The second kappa shape index (κ2) is 4.34. The van der Waals surface area contributed by atoms with Gasteiger partial charge in [-0.1, -0.05) is 6.07 Å². The van der Waals surface area contributed by atoms with E-state index in [1.165, 1.54) is 0 Å². The van der Waals surface area contributed by atoms with E-state index in [1.54, 1.807) is 0 Å². The molecule has 0 fully saturated rings. The van der Waals surface area contributed by atoms with Crippen LogP contribution in [0.25, 0.3) is 0 Å². The highest BCUT2D eigenvalue weighted by atomic mass is 19.4. The molecular weight excluding hydrogens is 225 g/mol. The van der Waals surface area contributed by atoms with Crippen molar-refractivity contribution in [1.29, 1.82) is 0 Å². The fourth-order valence-corrected chi connectivity index (χ4v) is 1.15. The van der Waals surface area contributed by atoms with Crippen molar-refractivity contribution in [3.8, 4) is 0 Å². The van der Waals surface area contributed by atoms with Crippen molar-refractivity contribution in [2.75, 3.05) is 7.11 Å². The minimum Gasteiger partial charge on any atom is -0.465 e. The van der Waals surface area contributed by atoms with Gasteiger partial charge in [0, 0.05) is 5.56 Å². The lowest BCUT2D eigenvalue weighted by atomic mass is 10.0. The smallest absolute Gasteiger partial charge is 0.417 e. The number of esters is 1. The molecule has 0 heterocycles. The number of methoxy groups -OCH3 is 1. The molecule has 0 radical (unpaired) electrons. The Bertz CT molecular complexity index is 424. The third-order valence-electron chi connectivity index (χ3n) is 1.91. The average molecular weight is 232 g/mol. The van der Waals surface area contributed by atoms with Crippen LogP contribution < -0.4 is 0 Å². The molecule has 0 bridgehead atoms. The van der Waals surface area contributed by atoms with E-state index >= 15 is 0 Å². The maximum Gasteiger partial charge on any atom is 0.417 e. The van der Waals surface area contributed by atoms with Gasteiger partial charge in [-0.15, -0.1) is 0 Å². The molecule has 3 nitrogen and oxygen atoms in total. The summed E-state index contributed by atoms with van der Waals surface area (Å²) in [5.41, 5.74) is -1.91. The van der Waals surface area contributed by atoms with Gasteiger partial charge < -0.3 is 4.74 Å². The third kappa shape index (κ3) is 2.39. The maximum absolute atomic E-state index is 12.5. The van der Waals surface area contributed by atoms with E-state index in [-0.39, 0.29) is 11.8 Å². The van der Waals surface area contributed by atoms with Crippen LogP contribution >= 0.6 is 0 Å². The van der Waals surface area contributed by atoms with E-state index in [1.807, 2.05) is 0 Å². The number of benzene rings is 1. The van der Waals surface area contributed by atoms with Crippen molar-refractivity contribution < 1.29 is 27.5 Å². The zero-order valence-electron chi connectivity index (χ0n) is 8.17. The van der Waals surface area contributed by atoms with Crippen LogP contribution in [-0.4, -0.2) is 19.4 Å². The number of hydrogen-bond acceptors (Lipinski definition) is 3. The number of aldehydes is 1. The Labute approximate surface area is 88.8 Å². The van der Waals surface area contributed by atoms with Crippen LogP contribution in [0.3, 0.4) is 0 Å². The average Bonchev–Trinajstić information content (AvgIpc) is 2.26. The molecule has 1 aromatic carbocycles. The molecule has 0 aliphatic rings. The molecule has 0 unspecified atom stereocenters. The van der Waals surface area contributed by atoms with Crippen LogP contribution in [-0.2, 0) is 10.9 Å². The fourth-order valence-electron chi connectivity index (χ4n) is 1.15. The maximum atomic E-state index is 12.5. The minimum absolute atomic E-state index is 0.0872. The van der Waals surface area contributed by atoms with Gasteiger partial charge >= 0.3 is 12.1 Å². The first-order valence-corrected chi connectivity index (χ1v) is 4.15. The first-order valence-electron chi connectivity index (χ1n) is 4.15. The Kier molecular flexibility index (Phi) is 3.31. The van der Waals surface area contributed by atoms with Crippen LogP contribution in [0.15, 0.2) is 18.2 Å². The molecule has 6 heteroatoms. The van der Waals surface area contributed by atoms with Gasteiger partial charge in [0.2, 0.25) is 0 Å². The summed E-state index contributed by atoms with van der Waals surface area (Å²) in [5, 5.41) is 0. The number of halogens is 3. The van der Waals surface area contributed by atoms with Crippen molar-refractivity contribution >= 4 is 12.3 Å². The number of carbonyl (C=O) groups excluding carboxylic acids is 2. The summed E-state index contributed by atoms with van der Waals surface area (Å²) in [6.07, 6.45) is -4.59. The van der Waals surface area contributed by atoms with Crippen molar-refractivity contribution in [3.05, 3.63) is 34.9 Å². The molecule has 0 aliphatic carbocycles. The van der Waals surface area contributed by atoms with Crippen molar-refractivity contribution in [3.63, 3.8) is 0 Å². The minimum atomic E-state index is -4.68. The van der Waals surface area contributed by atoms with Crippen LogP contribution in [0, 0.1) is 0 Å². The summed E-state index contributed by atoms with van der Waals surface area (Å²) >= 11 is 0. The van der Waals surface area contributed by atoms with Gasteiger partial charge in [0.05, 0.1) is 18.2 Å². The molecule has 0 saturated carbocycles. The topological polar surface area (TPSA) is 43.4 Å². The third-order valence-corrected chi connectivity index (χ3v) is 1.91. The van der Waals surface area contributed by atoms with Gasteiger partial charge in [0.1, 0.15) is 0 Å². The van der Waals surface area contributed by atoms with Gasteiger partial charge in [0.25, 0.3) is 0 Å². The van der Waals surface area contributed by atoms with E-state index < -0.39 is 23.3 Å². The Morgan fingerprint density at radius 3 is 2.44 bits per heavy atom. The Morgan fingerprint density at radius 1 is 1.38 bits per heavy atom. The van der Waals surface area contributed by atoms with Crippen LogP contribution in [0.1, 0.15) is 26.3 Å². The summed E-state index contributed by atoms with van der Waals surface area (Å²) in [4.78, 5) is 21.4. The zero-order chi connectivity index (χ0) is 12.3. The number of rotatable bonds is 2. The standard InChI is InChI=1S/C10H7F3O3/c1-16-9(15)6-2-3-7(5-14)8(4-6)10(11,12)13/h2-5H,1H3. The zero-order valence-corrected chi connectivity index (χ0v) is 8.17. The Balaban J connectivity index is 3.33. The molecule has 0 spiro atoms. The molecule has 0 aromatic heterocycles. The van der Waals surface area contributed by atoms with Crippen molar-refractivity contribution in [1.82, 2.24) is 0 Å². The Morgan fingerprint density at radius 2 is 2.00 bits per heavy atom. The van der Waals surface area contributed by atoms with Gasteiger partial charge in [-0.3, -0.25) is 4.79 Å². The quantitative estimate of drug-likeness (QED) is 0.580. The largest absolute Gasteiger partial charge is 0.465 e. The highest BCUT2D eigenvalue weighted by Gasteiger charge is 2.34. The summed E-state index contributed by atoms with van der Waals surface area (Å²) in [6.45, 7) is 0. The number of carbonyl (C=O) groups is 2. The summed E-state index contributed by atoms with van der Waals surface area (Å²) in [5.74, 6) is -0.886. The predicted molar refractivity (Wildman–Crippen MR) is 48.2 cm³/mol. The summed E-state index contributed by atoms with van der Waals surface area (Å²) in [7, 11) is 1.06. The molecule has 1 rings (SSSR count). The lowest BCUT2D eigenvalue weighted by Gasteiger charge is -2.10. The highest BCUT2D eigenvalue weighted by molar-refractivity contribution is 5.91. The van der Waals surface area contributed by atoms with E-state index in [4.69, 9.17) is 0 Å². The molecule has 1 aromatic rings. The lowest BCUT2D eigenvalue weighted by Crippen LogP contribution is -2.11. The number of hydrogen-bond donors (Lipinski definition) is 0. The number of ether oxygens (including phenoxy) is 1. The second-order valence-corrected chi connectivity index (χ2v) is 2.91. The van der Waals surface area contributed by atoms with Gasteiger partial charge in [-0.25, -0.2) is 4.79 Å². The molecule has 0 atom stereocenters. The molecule has 16 heavy (non-hydrogen) atoms. The molecule has 0 amide bonds. The van der Waals surface area contributed by atoms with Crippen molar-refractivity contribution in [2.24, 2.45) is 0 Å². The van der Waals surface area contributed by atoms with Crippen LogP contribution in [0.2, 0.25) is 0 Å². The van der Waals surface area contributed by atoms with E-state index in [9.17, 15) is 22.8 Å². The normalized spacial score (nSPS) is 11.0. The predicted octanol–water partition coefficient (Wildman–Crippen LogP) is 2.30. The highest BCUT2D eigenvalue weighted by Crippen LogP contribution is 2.32. The fraction of sp³-hybridized carbons (Fsp3) is 0.200. The Hall–Kier alpha value is -1.85. The van der Waals surface area contributed by atoms with E-state index in [2.05, 4.69) is 4.74 Å². The van der Waals surface area contributed by atoms with E-state index in [0.29, 0.717) is 6.07 Å². The van der Waals surface area contributed by atoms with Gasteiger partial charge in [0.15, 0.2) is 6.29 Å². The second-order valence-electron chi connectivity index (χ2n) is 2.91. The molecular formula is C10H7F3O3. The molecule has 0 aliphatic heterocycles. The first-order chi connectivity index (χ1) is 7.40. The summed E-state index contributed by atoms with van der Waals surface area (Å²) < 4.78 is 41.7. The van der Waals surface area contributed by atoms with Crippen LogP contribution in [0.4, 0.5) is 13.2 Å². The summed E-state index contributed by atoms with van der Waals surface area (Å²) in [6, 6.07) is 2.63. The SMILES string of the molecule is COC(=O)c1ccc(C=O)c(C(F)(F)F)c1. The van der Waals surface area contributed by atoms with E-state index in [0.717, 1.165) is 19.2 Å². The van der Waals surface area contributed by atoms with Crippen LogP contribution in [0.5, 0.6) is 0 Å². The molecule has 0 N–H and O–H groups in total. The molecule has 0 saturated heterocycles. The van der Waals surface area contributed by atoms with Crippen molar-refractivity contribution in [2.45, 2.75) is 6.18 Å². The molecule has 86 valence electrons. The number of alkyl halides is 3. The monoisotopic (exact) mass is 232 g/mol. The lowest BCUT2D eigenvalue weighted by molar-refractivity contribution is -0.137. The van der Waals surface area contributed by atoms with Gasteiger partial charge in [-0.2, -0.15) is 13.2 Å². The first kappa shape index (κ1) is 12.2.